The standard InChI is InChI=1S/C13H15NO2S2/c15-14(16)11-5-4-10-3-1-6-13(12(10)9-11)17-7-2-8-18-13/h4-5,9H,1-3,6-8H2. The summed E-state index contributed by atoms with van der Waals surface area (Å²) in [5, 5.41) is 10.9. The van der Waals surface area contributed by atoms with Gasteiger partial charge < -0.3 is 0 Å². The molecule has 0 bridgehead atoms. The van der Waals surface area contributed by atoms with Gasteiger partial charge in [0, 0.05) is 12.1 Å². The van der Waals surface area contributed by atoms with Crippen molar-refractivity contribution < 1.29 is 4.92 Å². The second-order valence-corrected chi connectivity index (χ2v) is 7.80. The van der Waals surface area contributed by atoms with E-state index in [4.69, 9.17) is 0 Å². The fourth-order valence-corrected chi connectivity index (χ4v) is 6.29. The van der Waals surface area contributed by atoms with Gasteiger partial charge in [0.05, 0.1) is 9.00 Å². The van der Waals surface area contributed by atoms with Gasteiger partial charge in [-0.25, -0.2) is 0 Å². The summed E-state index contributed by atoms with van der Waals surface area (Å²) in [6, 6.07) is 5.43. The highest BCUT2D eigenvalue weighted by atomic mass is 32.2. The van der Waals surface area contributed by atoms with E-state index in [1.807, 2.05) is 35.7 Å². The second-order valence-electron chi connectivity index (χ2n) is 4.76. The van der Waals surface area contributed by atoms with Crippen LogP contribution in [0.4, 0.5) is 5.69 Å². The van der Waals surface area contributed by atoms with Crippen molar-refractivity contribution in [1.29, 1.82) is 0 Å². The van der Waals surface area contributed by atoms with Crippen LogP contribution in [0.1, 0.15) is 30.4 Å². The molecule has 1 aliphatic carbocycles. The summed E-state index contributed by atoms with van der Waals surface area (Å²) in [5.74, 6) is 2.35. The normalized spacial score (nSPS) is 21.6. The zero-order valence-corrected chi connectivity index (χ0v) is 11.7. The topological polar surface area (TPSA) is 43.1 Å². The van der Waals surface area contributed by atoms with E-state index in [1.54, 1.807) is 6.07 Å². The van der Waals surface area contributed by atoms with Crippen molar-refractivity contribution in [2.45, 2.75) is 29.8 Å². The summed E-state index contributed by atoms with van der Waals surface area (Å²) in [6.07, 6.45) is 4.67. The van der Waals surface area contributed by atoms with Gasteiger partial charge in [0.15, 0.2) is 0 Å². The molecule has 0 atom stereocenters. The number of benzene rings is 1. The molecule has 1 fully saturated rings. The molecular formula is C13H15NO2S2. The third-order valence-electron chi connectivity index (χ3n) is 3.63. The molecule has 0 aromatic heterocycles. The minimum absolute atomic E-state index is 0.0951. The number of aryl methyl sites for hydroxylation is 1. The van der Waals surface area contributed by atoms with E-state index in [0.717, 1.165) is 12.8 Å². The van der Waals surface area contributed by atoms with Crippen LogP contribution in [-0.4, -0.2) is 16.4 Å². The smallest absolute Gasteiger partial charge is 0.258 e. The van der Waals surface area contributed by atoms with Crippen molar-refractivity contribution in [1.82, 2.24) is 0 Å². The van der Waals surface area contributed by atoms with Crippen LogP contribution in [0.25, 0.3) is 0 Å². The Hall–Kier alpha value is -0.680. The molecule has 0 amide bonds. The van der Waals surface area contributed by atoms with E-state index < -0.39 is 0 Å². The van der Waals surface area contributed by atoms with E-state index >= 15 is 0 Å². The summed E-state index contributed by atoms with van der Waals surface area (Å²) in [4.78, 5) is 10.7. The molecule has 0 radical (unpaired) electrons. The zero-order valence-electron chi connectivity index (χ0n) is 10.1. The van der Waals surface area contributed by atoms with Crippen molar-refractivity contribution in [3.63, 3.8) is 0 Å². The lowest BCUT2D eigenvalue weighted by Gasteiger charge is -2.40. The third kappa shape index (κ3) is 2.03. The first-order valence-electron chi connectivity index (χ1n) is 6.27. The van der Waals surface area contributed by atoms with Crippen molar-refractivity contribution in [2.24, 2.45) is 0 Å². The monoisotopic (exact) mass is 281 g/mol. The number of thioether (sulfide) groups is 2. The largest absolute Gasteiger partial charge is 0.269 e. The van der Waals surface area contributed by atoms with E-state index in [1.165, 1.54) is 35.5 Å². The number of rotatable bonds is 1. The highest BCUT2D eigenvalue weighted by molar-refractivity contribution is 8.18. The van der Waals surface area contributed by atoms with Crippen LogP contribution < -0.4 is 0 Å². The van der Waals surface area contributed by atoms with Crippen molar-refractivity contribution in [2.75, 3.05) is 11.5 Å². The van der Waals surface area contributed by atoms with Crippen LogP contribution >= 0.6 is 23.5 Å². The molecule has 1 saturated heterocycles. The maximum absolute atomic E-state index is 10.9. The van der Waals surface area contributed by atoms with Crippen molar-refractivity contribution in [3.8, 4) is 0 Å². The lowest BCUT2D eigenvalue weighted by Crippen LogP contribution is -2.27. The van der Waals surface area contributed by atoms with E-state index in [-0.39, 0.29) is 14.7 Å². The van der Waals surface area contributed by atoms with Gasteiger partial charge in [-0.3, -0.25) is 10.1 Å². The SMILES string of the molecule is O=[N+]([O-])c1ccc2c(c1)C1(CCC2)SCCCS1. The van der Waals surface area contributed by atoms with Gasteiger partial charge in [0.2, 0.25) is 0 Å². The molecule has 96 valence electrons. The molecule has 1 spiro atoms. The summed E-state index contributed by atoms with van der Waals surface area (Å²) < 4.78 is 0.0951. The second kappa shape index (κ2) is 4.78. The summed E-state index contributed by atoms with van der Waals surface area (Å²) in [5.41, 5.74) is 2.77. The average molecular weight is 281 g/mol. The summed E-state index contributed by atoms with van der Waals surface area (Å²) >= 11 is 3.98. The number of fused-ring (bicyclic) bond motifs is 2. The predicted octanol–water partition coefficient (Wildman–Crippen LogP) is 3.95. The summed E-state index contributed by atoms with van der Waals surface area (Å²) in [7, 11) is 0. The maximum Gasteiger partial charge on any atom is 0.269 e. The first-order valence-corrected chi connectivity index (χ1v) is 8.24. The molecule has 0 unspecified atom stereocenters. The number of hydrogen-bond donors (Lipinski definition) is 0. The Morgan fingerprint density at radius 2 is 2.00 bits per heavy atom. The first-order chi connectivity index (χ1) is 8.71. The van der Waals surface area contributed by atoms with Gasteiger partial charge in [0.1, 0.15) is 0 Å². The van der Waals surface area contributed by atoms with Crippen LogP contribution in [0.2, 0.25) is 0 Å². The Morgan fingerprint density at radius 3 is 2.72 bits per heavy atom. The van der Waals surface area contributed by atoms with Gasteiger partial charge in [-0.05, 0) is 48.3 Å². The first kappa shape index (κ1) is 12.4. The Kier molecular flexibility index (Phi) is 3.28. The number of non-ortho nitro benzene ring substituents is 1. The molecule has 0 saturated carbocycles. The van der Waals surface area contributed by atoms with E-state index in [0.29, 0.717) is 0 Å². The van der Waals surface area contributed by atoms with Gasteiger partial charge in [0.25, 0.3) is 5.69 Å². The molecule has 0 N–H and O–H groups in total. The van der Waals surface area contributed by atoms with Crippen LogP contribution in [0.3, 0.4) is 0 Å². The van der Waals surface area contributed by atoms with Gasteiger partial charge >= 0.3 is 0 Å². The molecule has 1 aliphatic heterocycles. The number of nitro groups is 1. The molecule has 1 aromatic rings. The predicted molar refractivity (Wildman–Crippen MR) is 77.2 cm³/mol. The minimum atomic E-state index is -0.277. The molecule has 3 nitrogen and oxygen atoms in total. The molecule has 2 aliphatic rings. The van der Waals surface area contributed by atoms with E-state index in [2.05, 4.69) is 0 Å². The van der Waals surface area contributed by atoms with E-state index in [9.17, 15) is 10.1 Å². The minimum Gasteiger partial charge on any atom is -0.258 e. The maximum atomic E-state index is 10.9. The molecule has 1 heterocycles. The van der Waals surface area contributed by atoms with Gasteiger partial charge in [-0.2, -0.15) is 0 Å². The van der Waals surface area contributed by atoms with Crippen molar-refractivity contribution in [3.05, 3.63) is 39.4 Å². The van der Waals surface area contributed by atoms with Crippen molar-refractivity contribution >= 4 is 29.2 Å². The van der Waals surface area contributed by atoms with Gasteiger partial charge in [-0.1, -0.05) is 6.07 Å². The lowest BCUT2D eigenvalue weighted by atomic mass is 9.90. The molecule has 3 rings (SSSR count). The Morgan fingerprint density at radius 1 is 1.22 bits per heavy atom. The number of nitro benzene ring substituents is 1. The summed E-state index contributed by atoms with van der Waals surface area (Å²) in [6.45, 7) is 0. The fraction of sp³-hybridized carbons (Fsp3) is 0.538. The Labute approximate surface area is 115 Å². The fourth-order valence-electron chi connectivity index (χ4n) is 2.77. The molecular weight excluding hydrogens is 266 g/mol. The molecule has 5 heteroatoms. The Balaban J connectivity index is 2.07. The number of nitrogens with zero attached hydrogens (tertiary/aromatic N) is 1. The number of hydrogen-bond acceptors (Lipinski definition) is 4. The van der Waals surface area contributed by atoms with Crippen LogP contribution in [-0.2, 0) is 10.5 Å². The van der Waals surface area contributed by atoms with Crippen LogP contribution in [0, 0.1) is 10.1 Å². The highest BCUT2D eigenvalue weighted by Crippen LogP contribution is 2.56. The van der Waals surface area contributed by atoms with Crippen LogP contribution in [0.15, 0.2) is 18.2 Å². The zero-order chi connectivity index (χ0) is 12.6. The lowest BCUT2D eigenvalue weighted by molar-refractivity contribution is -0.384. The highest BCUT2D eigenvalue weighted by Gasteiger charge is 2.40. The average Bonchev–Trinajstić information content (AvgIpc) is 2.40. The molecule has 1 aromatic carbocycles. The quantitative estimate of drug-likeness (QED) is 0.577. The molecule has 18 heavy (non-hydrogen) atoms. The van der Waals surface area contributed by atoms with Crippen LogP contribution in [0.5, 0.6) is 0 Å². The third-order valence-corrected chi connectivity index (χ3v) is 7.10. The van der Waals surface area contributed by atoms with Gasteiger partial charge in [-0.15, -0.1) is 23.5 Å². The Bertz CT molecular complexity index is 484.